The van der Waals surface area contributed by atoms with E-state index in [1.54, 1.807) is 0 Å². The highest BCUT2D eigenvalue weighted by Gasteiger charge is 2.25. The van der Waals surface area contributed by atoms with Crippen LogP contribution in [0.25, 0.3) is 0 Å². The van der Waals surface area contributed by atoms with Gasteiger partial charge < -0.3 is 30.6 Å². The second kappa shape index (κ2) is 17.4. The molecule has 0 aromatic heterocycles. The minimum Gasteiger partial charge on any atom is -0.460 e. The van der Waals surface area contributed by atoms with E-state index in [1.165, 1.54) is 11.8 Å². The molecule has 0 saturated heterocycles. The molecule has 3 aromatic carbocycles. The first kappa shape index (κ1) is 31.2. The van der Waals surface area contributed by atoms with Gasteiger partial charge in [0.2, 0.25) is 5.91 Å². The molecule has 216 valence electrons. The van der Waals surface area contributed by atoms with Crippen molar-refractivity contribution < 1.29 is 33.4 Å². The average Bonchev–Trinajstić information content (AvgIpc) is 3.01. The van der Waals surface area contributed by atoms with Gasteiger partial charge in [-0.15, -0.1) is 0 Å². The van der Waals surface area contributed by atoms with Crippen LogP contribution in [0.2, 0.25) is 0 Å². The average molecular weight is 580 g/mol. The van der Waals surface area contributed by atoms with Gasteiger partial charge in [-0.05, 0) is 16.7 Å². The molecule has 0 aliphatic heterocycles. The third kappa shape index (κ3) is 12.1. The van der Waals surface area contributed by atoms with E-state index >= 15 is 0 Å². The molecular formula is C30H33N3O7S. The van der Waals surface area contributed by atoms with E-state index in [1.807, 2.05) is 91.0 Å². The van der Waals surface area contributed by atoms with Crippen LogP contribution < -0.4 is 16.4 Å². The van der Waals surface area contributed by atoms with Gasteiger partial charge in [-0.1, -0.05) is 91.0 Å². The second-order valence-corrected chi connectivity index (χ2v) is 9.93. The van der Waals surface area contributed by atoms with Crippen molar-refractivity contribution >= 4 is 35.7 Å². The number of amides is 2. The van der Waals surface area contributed by atoms with Crippen LogP contribution in [0.4, 0.5) is 4.79 Å². The number of esters is 2. The number of hydrogen-bond donors (Lipinski definition) is 3. The fourth-order valence-electron chi connectivity index (χ4n) is 3.37. The number of carbonyl (C=O) groups is 4. The molecule has 2 atom stereocenters. The SMILES string of the molecule is N[C@H](CSC[C@H](NC(=O)OCc1ccccc1)C(=O)OCc1ccccc1)C(=O)NCC(=O)OCc1ccccc1. The maximum atomic E-state index is 12.8. The molecule has 2 amide bonds. The van der Waals surface area contributed by atoms with Gasteiger partial charge >= 0.3 is 18.0 Å². The zero-order valence-electron chi connectivity index (χ0n) is 22.4. The molecule has 0 fully saturated rings. The fourth-order valence-corrected chi connectivity index (χ4v) is 4.37. The zero-order valence-corrected chi connectivity index (χ0v) is 23.2. The molecule has 11 heteroatoms. The van der Waals surface area contributed by atoms with Crippen molar-refractivity contribution in [3.63, 3.8) is 0 Å². The Morgan fingerprint density at radius 1 is 0.683 bits per heavy atom. The van der Waals surface area contributed by atoms with Crippen LogP contribution in [0.1, 0.15) is 16.7 Å². The minimum absolute atomic E-state index is 0.0316. The smallest absolute Gasteiger partial charge is 0.408 e. The molecule has 3 aromatic rings. The first-order valence-electron chi connectivity index (χ1n) is 12.9. The zero-order chi connectivity index (χ0) is 29.3. The maximum Gasteiger partial charge on any atom is 0.408 e. The van der Waals surface area contributed by atoms with E-state index in [2.05, 4.69) is 10.6 Å². The Kier molecular flexibility index (Phi) is 13.2. The predicted molar refractivity (Wildman–Crippen MR) is 154 cm³/mol. The van der Waals surface area contributed by atoms with Crippen LogP contribution in [0, 0.1) is 0 Å². The van der Waals surface area contributed by atoms with Crippen LogP contribution in [0.15, 0.2) is 91.0 Å². The standard InChI is InChI=1S/C30H33N3O7S/c31-25(28(35)32-16-27(34)38-17-22-10-4-1-5-11-22)20-41-21-26(29(36)39-18-23-12-6-2-7-13-23)33-30(37)40-19-24-14-8-3-9-15-24/h1-15,25-26H,16-21,31H2,(H,32,35)(H,33,37)/t25-,26+/m1/s1. The van der Waals surface area contributed by atoms with Crippen molar-refractivity contribution in [2.75, 3.05) is 18.1 Å². The number of ether oxygens (including phenoxy) is 3. The van der Waals surface area contributed by atoms with Crippen LogP contribution in [0.3, 0.4) is 0 Å². The molecule has 0 spiro atoms. The third-order valence-corrected chi connectivity index (χ3v) is 6.75. The van der Waals surface area contributed by atoms with Gasteiger partial charge in [0.15, 0.2) is 0 Å². The Balaban J connectivity index is 1.44. The van der Waals surface area contributed by atoms with Gasteiger partial charge in [0.25, 0.3) is 0 Å². The summed E-state index contributed by atoms with van der Waals surface area (Å²) in [7, 11) is 0. The van der Waals surface area contributed by atoms with Crippen molar-refractivity contribution in [3.8, 4) is 0 Å². The number of benzene rings is 3. The Morgan fingerprint density at radius 2 is 1.17 bits per heavy atom. The Bertz CT molecular complexity index is 1250. The van der Waals surface area contributed by atoms with Gasteiger partial charge in [0.1, 0.15) is 32.4 Å². The van der Waals surface area contributed by atoms with E-state index in [-0.39, 0.29) is 37.9 Å². The van der Waals surface area contributed by atoms with Crippen LogP contribution >= 0.6 is 11.8 Å². The van der Waals surface area contributed by atoms with Crippen LogP contribution in [0.5, 0.6) is 0 Å². The summed E-state index contributed by atoms with van der Waals surface area (Å²) >= 11 is 1.17. The molecule has 0 bridgehead atoms. The van der Waals surface area contributed by atoms with E-state index in [4.69, 9.17) is 19.9 Å². The van der Waals surface area contributed by atoms with Crippen molar-refractivity contribution in [1.29, 1.82) is 0 Å². The fraction of sp³-hybridized carbons (Fsp3) is 0.267. The summed E-state index contributed by atoms with van der Waals surface area (Å²) in [6, 6.07) is 25.4. The molecule has 4 N–H and O–H groups in total. The highest BCUT2D eigenvalue weighted by atomic mass is 32.2. The van der Waals surface area contributed by atoms with E-state index in [0.29, 0.717) is 0 Å². The molecule has 41 heavy (non-hydrogen) atoms. The Hall–Kier alpha value is -4.35. The molecular weight excluding hydrogens is 546 g/mol. The lowest BCUT2D eigenvalue weighted by Crippen LogP contribution is -2.46. The van der Waals surface area contributed by atoms with Gasteiger partial charge in [-0.2, -0.15) is 11.8 Å². The van der Waals surface area contributed by atoms with Gasteiger partial charge in [0.05, 0.1) is 6.04 Å². The quantitative estimate of drug-likeness (QED) is 0.183. The van der Waals surface area contributed by atoms with Crippen molar-refractivity contribution in [2.45, 2.75) is 31.9 Å². The third-order valence-electron chi connectivity index (χ3n) is 5.58. The highest BCUT2D eigenvalue weighted by Crippen LogP contribution is 2.10. The van der Waals surface area contributed by atoms with Crippen molar-refractivity contribution in [2.24, 2.45) is 5.73 Å². The molecule has 3 rings (SSSR count). The number of thioether (sulfide) groups is 1. The molecule has 10 nitrogen and oxygen atoms in total. The summed E-state index contributed by atoms with van der Waals surface area (Å²) in [4.78, 5) is 49.5. The summed E-state index contributed by atoms with van der Waals surface area (Å²) in [5.41, 5.74) is 8.38. The number of alkyl carbamates (subject to hydrolysis) is 1. The predicted octanol–water partition coefficient (Wildman–Crippen LogP) is 2.94. The normalized spacial score (nSPS) is 11.9. The summed E-state index contributed by atoms with van der Waals surface area (Å²) in [5, 5.41) is 4.98. The van der Waals surface area contributed by atoms with E-state index in [0.717, 1.165) is 16.7 Å². The summed E-state index contributed by atoms with van der Waals surface area (Å²) in [6.45, 7) is -0.165. The monoisotopic (exact) mass is 579 g/mol. The van der Waals surface area contributed by atoms with Gasteiger partial charge in [-0.3, -0.25) is 9.59 Å². The van der Waals surface area contributed by atoms with Crippen LogP contribution in [-0.2, 0) is 48.4 Å². The number of nitrogens with one attached hydrogen (secondary N) is 2. The topological polar surface area (TPSA) is 146 Å². The number of hydrogen-bond acceptors (Lipinski definition) is 9. The number of rotatable bonds is 15. The first-order chi connectivity index (χ1) is 19.9. The number of carbonyl (C=O) groups excluding carboxylic acids is 4. The summed E-state index contributed by atoms with van der Waals surface area (Å²) in [5.74, 6) is -1.60. The molecule has 0 heterocycles. The molecule has 0 aliphatic carbocycles. The molecule has 0 unspecified atom stereocenters. The van der Waals surface area contributed by atoms with Gasteiger partial charge in [0, 0.05) is 11.5 Å². The lowest BCUT2D eigenvalue weighted by Gasteiger charge is -2.18. The summed E-state index contributed by atoms with van der Waals surface area (Å²) < 4.78 is 15.8. The molecule has 0 saturated carbocycles. The summed E-state index contributed by atoms with van der Waals surface area (Å²) in [6.07, 6.45) is -0.785. The largest absolute Gasteiger partial charge is 0.460 e. The Morgan fingerprint density at radius 3 is 1.71 bits per heavy atom. The van der Waals surface area contributed by atoms with Crippen LogP contribution in [-0.4, -0.2) is 54.1 Å². The van der Waals surface area contributed by atoms with Gasteiger partial charge in [-0.25, -0.2) is 9.59 Å². The van der Waals surface area contributed by atoms with Crippen molar-refractivity contribution in [1.82, 2.24) is 10.6 Å². The highest BCUT2D eigenvalue weighted by molar-refractivity contribution is 7.99. The minimum atomic E-state index is -1.05. The first-order valence-corrected chi connectivity index (χ1v) is 14.0. The number of nitrogens with two attached hydrogens (primary N) is 1. The Labute approximate surface area is 242 Å². The second-order valence-electron chi connectivity index (χ2n) is 8.86. The van der Waals surface area contributed by atoms with Crippen molar-refractivity contribution in [3.05, 3.63) is 108 Å². The molecule has 0 radical (unpaired) electrons. The lowest BCUT2D eigenvalue weighted by molar-refractivity contribution is -0.147. The van der Waals surface area contributed by atoms with E-state index < -0.39 is 36.0 Å². The van der Waals surface area contributed by atoms with E-state index in [9.17, 15) is 19.2 Å². The molecule has 0 aliphatic rings. The maximum absolute atomic E-state index is 12.8. The lowest BCUT2D eigenvalue weighted by atomic mass is 10.2.